The van der Waals surface area contributed by atoms with E-state index >= 15 is 0 Å². The first-order chi connectivity index (χ1) is 14.4. The van der Waals surface area contributed by atoms with E-state index in [0.29, 0.717) is 10.7 Å². The highest BCUT2D eigenvalue weighted by Gasteiger charge is 2.29. The van der Waals surface area contributed by atoms with Crippen molar-refractivity contribution in [2.45, 2.75) is 39.2 Å². The highest BCUT2D eigenvalue weighted by atomic mass is 35.5. The third kappa shape index (κ3) is 3.96. The molecule has 1 atom stereocenters. The number of hydrogen-bond donors (Lipinski definition) is 1. The molecule has 154 valence electrons. The van der Waals surface area contributed by atoms with Crippen LogP contribution >= 0.6 is 11.6 Å². The number of ether oxygens (including phenoxy) is 1. The first kappa shape index (κ1) is 20.2. The fourth-order valence-corrected chi connectivity index (χ4v) is 3.79. The fraction of sp³-hybridized carbons (Fsp3) is 0.261. The van der Waals surface area contributed by atoms with E-state index in [1.807, 2.05) is 43.3 Å². The van der Waals surface area contributed by atoms with Crippen LogP contribution in [0.4, 0.5) is 5.69 Å². The molecular weight excluding hydrogens is 402 g/mol. The SMILES string of the molecule is Cc1ccc(Cl)cc1NC(=O)C(C)OC(=O)c1nn(-c2ccccc2)c2c1CCC2. The molecular formula is C23H22ClN3O3. The number of rotatable bonds is 5. The standard InChI is InChI=1S/C23H22ClN3O3/c1-14-11-12-16(24)13-19(14)25-22(28)15(2)30-23(29)21-18-9-6-10-20(18)27(26-21)17-7-4-3-5-8-17/h3-5,7-8,11-13,15H,6,9-10H2,1-2H3,(H,25,28). The number of anilines is 1. The molecule has 1 unspecified atom stereocenters. The Hall–Kier alpha value is -3.12. The van der Waals surface area contributed by atoms with Crippen LogP contribution < -0.4 is 5.32 Å². The lowest BCUT2D eigenvalue weighted by molar-refractivity contribution is -0.123. The number of benzene rings is 2. The maximum atomic E-state index is 12.8. The summed E-state index contributed by atoms with van der Waals surface area (Å²) in [6.45, 7) is 3.41. The van der Waals surface area contributed by atoms with E-state index < -0.39 is 18.0 Å². The summed E-state index contributed by atoms with van der Waals surface area (Å²) in [5.74, 6) is -1.01. The van der Waals surface area contributed by atoms with Gasteiger partial charge in [0.15, 0.2) is 11.8 Å². The Morgan fingerprint density at radius 1 is 1.17 bits per heavy atom. The molecule has 0 fully saturated rings. The molecule has 1 aromatic heterocycles. The molecule has 0 spiro atoms. The van der Waals surface area contributed by atoms with E-state index in [-0.39, 0.29) is 5.69 Å². The Kier molecular flexibility index (Phi) is 5.59. The van der Waals surface area contributed by atoms with Crippen molar-refractivity contribution in [2.24, 2.45) is 0 Å². The first-order valence-corrected chi connectivity index (χ1v) is 10.3. The van der Waals surface area contributed by atoms with Gasteiger partial charge in [0.25, 0.3) is 5.91 Å². The van der Waals surface area contributed by atoms with Gasteiger partial charge in [-0.25, -0.2) is 9.48 Å². The van der Waals surface area contributed by atoms with Crippen molar-refractivity contribution in [1.82, 2.24) is 9.78 Å². The van der Waals surface area contributed by atoms with Gasteiger partial charge in [-0.1, -0.05) is 35.9 Å². The number of halogens is 1. The predicted octanol–water partition coefficient (Wildman–Crippen LogP) is 4.51. The number of nitrogens with zero attached hydrogens (tertiary/aromatic N) is 2. The number of para-hydroxylation sites is 1. The first-order valence-electron chi connectivity index (χ1n) is 9.88. The largest absolute Gasteiger partial charge is 0.448 e. The van der Waals surface area contributed by atoms with Gasteiger partial charge in [0, 0.05) is 22.0 Å². The average Bonchev–Trinajstić information content (AvgIpc) is 3.34. The maximum Gasteiger partial charge on any atom is 0.359 e. The second-order valence-electron chi connectivity index (χ2n) is 7.37. The fourth-order valence-electron chi connectivity index (χ4n) is 3.62. The van der Waals surface area contributed by atoms with Crippen molar-refractivity contribution in [2.75, 3.05) is 5.32 Å². The molecule has 0 radical (unpaired) electrons. The van der Waals surface area contributed by atoms with E-state index in [1.165, 1.54) is 0 Å². The molecule has 2 aromatic carbocycles. The lowest BCUT2D eigenvalue weighted by atomic mass is 10.2. The molecule has 1 amide bonds. The molecule has 0 aliphatic heterocycles. The number of nitrogens with one attached hydrogen (secondary N) is 1. The molecule has 1 aliphatic carbocycles. The van der Waals surface area contributed by atoms with Crippen LogP contribution in [0.5, 0.6) is 0 Å². The zero-order valence-corrected chi connectivity index (χ0v) is 17.6. The summed E-state index contributed by atoms with van der Waals surface area (Å²) >= 11 is 6.00. The third-order valence-electron chi connectivity index (χ3n) is 5.23. The quantitative estimate of drug-likeness (QED) is 0.613. The number of carbonyl (C=O) groups is 2. The van der Waals surface area contributed by atoms with Crippen molar-refractivity contribution in [3.63, 3.8) is 0 Å². The monoisotopic (exact) mass is 423 g/mol. The molecule has 0 bridgehead atoms. The van der Waals surface area contributed by atoms with Gasteiger partial charge in [0.1, 0.15) is 0 Å². The van der Waals surface area contributed by atoms with Crippen LogP contribution in [0, 0.1) is 6.92 Å². The number of amides is 1. The minimum atomic E-state index is -0.977. The van der Waals surface area contributed by atoms with Crippen LogP contribution in [-0.4, -0.2) is 27.8 Å². The smallest absolute Gasteiger partial charge is 0.359 e. The Morgan fingerprint density at radius 2 is 1.93 bits per heavy atom. The van der Waals surface area contributed by atoms with Crippen molar-refractivity contribution in [3.8, 4) is 5.69 Å². The van der Waals surface area contributed by atoms with Gasteiger partial charge < -0.3 is 10.1 Å². The van der Waals surface area contributed by atoms with Crippen LogP contribution in [0.2, 0.25) is 5.02 Å². The second-order valence-corrected chi connectivity index (χ2v) is 7.81. The van der Waals surface area contributed by atoms with Crippen molar-refractivity contribution < 1.29 is 14.3 Å². The van der Waals surface area contributed by atoms with Gasteiger partial charge in [-0.3, -0.25) is 4.79 Å². The summed E-state index contributed by atoms with van der Waals surface area (Å²) in [5.41, 5.74) is 4.57. The number of carbonyl (C=O) groups excluding carboxylic acids is 2. The van der Waals surface area contributed by atoms with Gasteiger partial charge in [-0.05, 0) is 62.9 Å². The van der Waals surface area contributed by atoms with Crippen LogP contribution in [0.15, 0.2) is 48.5 Å². The Morgan fingerprint density at radius 3 is 2.70 bits per heavy atom. The highest BCUT2D eigenvalue weighted by Crippen LogP contribution is 2.28. The van der Waals surface area contributed by atoms with Crippen molar-refractivity contribution in [3.05, 3.63) is 76.1 Å². The predicted molar refractivity (Wildman–Crippen MR) is 115 cm³/mol. The lowest BCUT2D eigenvalue weighted by Crippen LogP contribution is -2.30. The number of aryl methyl sites for hydroxylation is 1. The molecule has 1 heterocycles. The summed E-state index contributed by atoms with van der Waals surface area (Å²) in [6, 6.07) is 14.9. The van der Waals surface area contributed by atoms with Crippen LogP contribution in [-0.2, 0) is 22.4 Å². The van der Waals surface area contributed by atoms with Crippen molar-refractivity contribution in [1.29, 1.82) is 0 Å². The lowest BCUT2D eigenvalue weighted by Gasteiger charge is -2.14. The molecule has 1 N–H and O–H groups in total. The molecule has 0 saturated carbocycles. The summed E-state index contributed by atoms with van der Waals surface area (Å²) in [7, 11) is 0. The van der Waals surface area contributed by atoms with Gasteiger partial charge in [0.05, 0.1) is 5.69 Å². The summed E-state index contributed by atoms with van der Waals surface area (Å²) in [6.07, 6.45) is 1.61. The zero-order chi connectivity index (χ0) is 21.3. The summed E-state index contributed by atoms with van der Waals surface area (Å²) in [4.78, 5) is 25.4. The minimum absolute atomic E-state index is 0.282. The van der Waals surface area contributed by atoms with Gasteiger partial charge in [-0.15, -0.1) is 0 Å². The van der Waals surface area contributed by atoms with Crippen LogP contribution in [0.25, 0.3) is 5.69 Å². The van der Waals surface area contributed by atoms with Gasteiger partial charge in [0.2, 0.25) is 0 Å². The Balaban J connectivity index is 1.51. The molecule has 0 saturated heterocycles. The van der Waals surface area contributed by atoms with Crippen LogP contribution in [0.3, 0.4) is 0 Å². The number of hydrogen-bond acceptors (Lipinski definition) is 4. The van der Waals surface area contributed by atoms with Gasteiger partial charge >= 0.3 is 5.97 Å². The highest BCUT2D eigenvalue weighted by molar-refractivity contribution is 6.31. The summed E-state index contributed by atoms with van der Waals surface area (Å²) in [5, 5.41) is 7.80. The van der Waals surface area contributed by atoms with E-state index in [4.69, 9.17) is 16.3 Å². The van der Waals surface area contributed by atoms with Crippen LogP contribution in [0.1, 0.15) is 40.7 Å². The Labute approximate surface area is 179 Å². The molecule has 3 aromatic rings. The minimum Gasteiger partial charge on any atom is -0.448 e. The Bertz CT molecular complexity index is 1110. The number of aromatic nitrogens is 2. The third-order valence-corrected chi connectivity index (χ3v) is 5.47. The molecule has 7 heteroatoms. The van der Waals surface area contributed by atoms with Crippen molar-refractivity contribution >= 4 is 29.2 Å². The molecule has 4 rings (SSSR count). The molecule has 30 heavy (non-hydrogen) atoms. The van der Waals surface area contributed by atoms with E-state index in [2.05, 4.69) is 10.4 Å². The zero-order valence-electron chi connectivity index (χ0n) is 16.8. The van der Waals surface area contributed by atoms with E-state index in [1.54, 1.807) is 23.7 Å². The summed E-state index contributed by atoms with van der Waals surface area (Å²) < 4.78 is 7.26. The normalized spacial score (nSPS) is 13.6. The number of fused-ring (bicyclic) bond motifs is 1. The van der Waals surface area contributed by atoms with Gasteiger partial charge in [-0.2, -0.15) is 5.10 Å². The average molecular weight is 424 g/mol. The maximum absolute atomic E-state index is 12.8. The topological polar surface area (TPSA) is 73.2 Å². The van der Waals surface area contributed by atoms with E-state index in [0.717, 1.165) is 41.8 Å². The number of esters is 1. The second kappa shape index (κ2) is 8.32. The molecule has 1 aliphatic rings. The van der Waals surface area contributed by atoms with E-state index in [9.17, 15) is 9.59 Å². The molecule has 6 nitrogen and oxygen atoms in total.